The van der Waals surface area contributed by atoms with Gasteiger partial charge in [0.15, 0.2) is 0 Å². The van der Waals surface area contributed by atoms with E-state index in [2.05, 4.69) is 28.1 Å². The second kappa shape index (κ2) is 8.05. The molecule has 0 saturated heterocycles. The Bertz CT molecular complexity index is 921. The maximum Gasteiger partial charge on any atom is 0.220 e. The van der Waals surface area contributed by atoms with Gasteiger partial charge in [0, 0.05) is 15.7 Å². The Kier molecular flexibility index (Phi) is 5.51. The topological polar surface area (TPSA) is 80.0 Å². The fourth-order valence-electron chi connectivity index (χ4n) is 4.00. The molecule has 4 N–H and O–H groups in total. The van der Waals surface area contributed by atoms with Crippen LogP contribution in [-0.2, 0) is 5.75 Å². The maximum absolute atomic E-state index is 6.39. The lowest BCUT2D eigenvalue weighted by atomic mass is 9.87. The highest BCUT2D eigenvalue weighted by Gasteiger charge is 2.43. The Morgan fingerprint density at radius 3 is 2.50 bits per heavy atom. The number of thioether (sulfide) groups is 1. The molecule has 2 aromatic rings. The highest BCUT2D eigenvalue weighted by molar-refractivity contribution is 7.98. The van der Waals surface area contributed by atoms with Crippen LogP contribution in [0.15, 0.2) is 63.4 Å². The fraction of sp³-hybridized carbons (Fsp3) is 0.333. The Morgan fingerprint density at radius 1 is 1.00 bits per heavy atom. The van der Waals surface area contributed by atoms with Gasteiger partial charge in [-0.2, -0.15) is 4.99 Å². The molecule has 2 aliphatic rings. The van der Waals surface area contributed by atoms with Crippen molar-refractivity contribution < 1.29 is 0 Å². The van der Waals surface area contributed by atoms with E-state index >= 15 is 0 Å². The van der Waals surface area contributed by atoms with Crippen molar-refractivity contribution in [3.8, 4) is 0 Å². The molecule has 1 aliphatic heterocycles. The van der Waals surface area contributed by atoms with E-state index in [1.165, 1.54) is 6.42 Å². The van der Waals surface area contributed by atoms with E-state index in [4.69, 9.17) is 28.1 Å². The van der Waals surface area contributed by atoms with Crippen molar-refractivity contribution >= 4 is 41.0 Å². The lowest BCUT2D eigenvalue weighted by Crippen LogP contribution is -2.58. The van der Waals surface area contributed by atoms with Crippen LogP contribution in [0, 0.1) is 0 Å². The van der Waals surface area contributed by atoms with Crippen LogP contribution in [-0.4, -0.2) is 17.6 Å². The molecule has 0 atom stereocenters. The van der Waals surface area contributed by atoms with Crippen molar-refractivity contribution in [3.63, 3.8) is 0 Å². The monoisotopic (exact) mass is 413 g/mol. The van der Waals surface area contributed by atoms with Crippen LogP contribution in [0.4, 0.5) is 5.69 Å². The van der Waals surface area contributed by atoms with Crippen LogP contribution < -0.4 is 16.4 Å². The van der Waals surface area contributed by atoms with E-state index < -0.39 is 5.66 Å². The van der Waals surface area contributed by atoms with E-state index in [0.717, 1.165) is 52.6 Å². The van der Waals surface area contributed by atoms with Crippen LogP contribution in [0.2, 0.25) is 5.02 Å². The van der Waals surface area contributed by atoms with Crippen LogP contribution in [0.3, 0.4) is 0 Å². The number of benzene rings is 2. The molecular weight excluding hydrogens is 390 g/mol. The summed E-state index contributed by atoms with van der Waals surface area (Å²) >= 11 is 8.08. The Labute approximate surface area is 174 Å². The van der Waals surface area contributed by atoms with Gasteiger partial charge in [0.1, 0.15) is 5.66 Å². The quantitative estimate of drug-likeness (QED) is 0.709. The van der Waals surface area contributed by atoms with E-state index in [9.17, 15) is 0 Å². The van der Waals surface area contributed by atoms with Gasteiger partial charge in [-0.3, -0.25) is 4.90 Å². The summed E-state index contributed by atoms with van der Waals surface area (Å²) in [5.74, 6) is 1.47. The molecular formula is C21H24ClN5S. The number of nitrogens with two attached hydrogens (primary N) is 2. The zero-order valence-electron chi connectivity index (χ0n) is 15.6. The van der Waals surface area contributed by atoms with Crippen molar-refractivity contribution in [1.82, 2.24) is 0 Å². The second-order valence-corrected chi connectivity index (χ2v) is 8.59. The van der Waals surface area contributed by atoms with E-state index in [0.29, 0.717) is 5.96 Å². The summed E-state index contributed by atoms with van der Waals surface area (Å²) in [4.78, 5) is 12.3. The number of hydrogen-bond donors (Lipinski definition) is 2. The number of guanidine groups is 2. The number of rotatable bonds is 4. The third-order valence-corrected chi connectivity index (χ3v) is 6.78. The molecule has 2 aromatic carbocycles. The molecule has 0 bridgehead atoms. The van der Waals surface area contributed by atoms with Gasteiger partial charge in [0.2, 0.25) is 11.9 Å². The Hall–Kier alpha value is -2.18. The predicted molar refractivity (Wildman–Crippen MR) is 119 cm³/mol. The number of para-hydroxylation sites is 1. The molecule has 0 amide bonds. The van der Waals surface area contributed by atoms with Gasteiger partial charge < -0.3 is 11.5 Å². The zero-order chi connectivity index (χ0) is 19.6. The first-order valence-electron chi connectivity index (χ1n) is 9.54. The van der Waals surface area contributed by atoms with Gasteiger partial charge in [-0.25, -0.2) is 4.99 Å². The predicted octanol–water partition coefficient (Wildman–Crippen LogP) is 4.74. The van der Waals surface area contributed by atoms with Gasteiger partial charge in [-0.15, -0.1) is 11.8 Å². The molecule has 1 saturated carbocycles. The Balaban J connectivity index is 1.68. The van der Waals surface area contributed by atoms with E-state index in [1.54, 1.807) is 11.8 Å². The summed E-state index contributed by atoms with van der Waals surface area (Å²) in [6, 6.07) is 16.2. The van der Waals surface area contributed by atoms with Crippen molar-refractivity contribution in [2.45, 2.75) is 48.4 Å². The van der Waals surface area contributed by atoms with Crippen molar-refractivity contribution in [2.75, 3.05) is 4.90 Å². The highest BCUT2D eigenvalue weighted by Crippen LogP contribution is 2.43. The number of hydrogen-bond acceptors (Lipinski definition) is 6. The number of nitrogens with zero attached hydrogens (tertiary/aromatic N) is 3. The molecule has 0 unspecified atom stereocenters. The molecule has 28 heavy (non-hydrogen) atoms. The number of halogens is 1. The standard InChI is InChI=1S/C21H24ClN5S/c22-16-9-3-2-8-15(16)14-28-18-11-5-4-10-17(18)27-20(24)25-19(23)26-21(27)12-6-1-7-13-21/h2-5,8-11H,1,6-7,12-14H2,(H4,23,24,25,26). The molecule has 0 radical (unpaired) electrons. The molecule has 1 spiro atoms. The van der Waals surface area contributed by atoms with Crippen LogP contribution in [0.1, 0.15) is 37.7 Å². The summed E-state index contributed by atoms with van der Waals surface area (Å²) in [5, 5.41) is 0.785. The smallest absolute Gasteiger partial charge is 0.220 e. The molecule has 1 fully saturated rings. The first-order chi connectivity index (χ1) is 13.6. The minimum Gasteiger partial charge on any atom is -0.369 e. The third kappa shape index (κ3) is 3.71. The second-order valence-electron chi connectivity index (χ2n) is 7.17. The van der Waals surface area contributed by atoms with Crippen LogP contribution >= 0.6 is 23.4 Å². The molecule has 0 aromatic heterocycles. The highest BCUT2D eigenvalue weighted by atomic mass is 35.5. The number of aliphatic imine (C=N–C) groups is 2. The number of anilines is 1. The van der Waals surface area contributed by atoms with Crippen LogP contribution in [0.5, 0.6) is 0 Å². The van der Waals surface area contributed by atoms with Gasteiger partial charge in [0.05, 0.1) is 5.69 Å². The van der Waals surface area contributed by atoms with Gasteiger partial charge in [-0.05, 0) is 49.4 Å². The Morgan fingerprint density at radius 2 is 1.71 bits per heavy atom. The van der Waals surface area contributed by atoms with Gasteiger partial charge >= 0.3 is 0 Å². The molecule has 4 rings (SSSR count). The van der Waals surface area contributed by atoms with Crippen molar-refractivity contribution in [2.24, 2.45) is 21.5 Å². The summed E-state index contributed by atoms with van der Waals surface area (Å²) in [5.41, 5.74) is 14.1. The first kappa shape index (κ1) is 19.2. The zero-order valence-corrected chi connectivity index (χ0v) is 17.2. The minimum atomic E-state index is -0.435. The average Bonchev–Trinajstić information content (AvgIpc) is 2.68. The average molecular weight is 414 g/mol. The van der Waals surface area contributed by atoms with Crippen molar-refractivity contribution in [3.05, 3.63) is 59.1 Å². The van der Waals surface area contributed by atoms with Gasteiger partial charge in [-0.1, -0.05) is 48.4 Å². The lowest BCUT2D eigenvalue weighted by Gasteiger charge is -2.46. The SMILES string of the molecule is NC1=NC2(CCCCC2)N(c2ccccc2SCc2ccccc2Cl)C(N)=N1. The summed E-state index contributed by atoms with van der Waals surface area (Å²) in [6.07, 6.45) is 5.27. The van der Waals surface area contributed by atoms with E-state index in [-0.39, 0.29) is 5.96 Å². The summed E-state index contributed by atoms with van der Waals surface area (Å²) in [6.45, 7) is 0. The van der Waals surface area contributed by atoms with Crippen LogP contribution in [0.25, 0.3) is 0 Å². The molecule has 7 heteroatoms. The van der Waals surface area contributed by atoms with E-state index in [1.807, 2.05) is 30.3 Å². The maximum atomic E-state index is 6.39. The summed E-state index contributed by atoms with van der Waals surface area (Å²) in [7, 11) is 0. The third-order valence-electron chi connectivity index (χ3n) is 5.30. The summed E-state index contributed by atoms with van der Waals surface area (Å²) < 4.78 is 0. The molecule has 1 aliphatic carbocycles. The lowest BCUT2D eigenvalue weighted by molar-refractivity contribution is 0.305. The fourth-order valence-corrected chi connectivity index (χ4v) is 5.33. The molecule has 1 heterocycles. The minimum absolute atomic E-state index is 0.275. The molecule has 146 valence electrons. The normalized spacial score (nSPS) is 18.7. The van der Waals surface area contributed by atoms with Gasteiger partial charge in [0.25, 0.3) is 0 Å². The first-order valence-corrected chi connectivity index (χ1v) is 10.9. The van der Waals surface area contributed by atoms with Crippen molar-refractivity contribution in [1.29, 1.82) is 0 Å². The largest absolute Gasteiger partial charge is 0.369 e. The molecule has 5 nitrogen and oxygen atoms in total.